The Bertz CT molecular complexity index is 570. The molecule has 8 heteroatoms. The molecule has 0 aliphatic carbocycles. The summed E-state index contributed by atoms with van der Waals surface area (Å²) < 4.78 is 7.24. The molecule has 1 saturated heterocycles. The van der Waals surface area contributed by atoms with Crippen molar-refractivity contribution in [1.82, 2.24) is 20.4 Å². The molecule has 0 bridgehead atoms. The van der Waals surface area contributed by atoms with Gasteiger partial charge in [0.25, 0.3) is 0 Å². The van der Waals surface area contributed by atoms with E-state index < -0.39 is 5.60 Å². The molecule has 2 heterocycles. The highest BCUT2D eigenvalue weighted by molar-refractivity contribution is 5.85. The first-order chi connectivity index (χ1) is 10.8. The third-order valence-corrected chi connectivity index (χ3v) is 3.74. The first-order valence-electron chi connectivity index (χ1n) is 7.56. The van der Waals surface area contributed by atoms with Crippen molar-refractivity contribution < 1.29 is 9.84 Å². The van der Waals surface area contributed by atoms with Crippen LogP contribution in [-0.2, 0) is 11.3 Å². The molecular formula is C16H24Cl2N4O2. The Balaban J connectivity index is 0.00000144. The predicted octanol–water partition coefficient (Wildman–Crippen LogP) is 1.16. The number of halogens is 2. The van der Waals surface area contributed by atoms with E-state index in [0.29, 0.717) is 32.8 Å². The molecule has 6 nitrogen and oxygen atoms in total. The fraction of sp³-hybridized carbons (Fsp3) is 0.438. The zero-order chi connectivity index (χ0) is 15.3. The number of hydrogen-bond acceptors (Lipinski definition) is 5. The molecule has 1 aliphatic rings. The van der Waals surface area contributed by atoms with E-state index >= 15 is 0 Å². The summed E-state index contributed by atoms with van der Waals surface area (Å²) in [7, 11) is 0. The maximum Gasteiger partial charge on any atom is 0.113 e. The summed E-state index contributed by atoms with van der Waals surface area (Å²) in [5.74, 6) is 0. The van der Waals surface area contributed by atoms with Gasteiger partial charge in [-0.3, -0.25) is 0 Å². The van der Waals surface area contributed by atoms with E-state index in [4.69, 9.17) is 4.74 Å². The number of ether oxygens (including phenoxy) is 1. The van der Waals surface area contributed by atoms with Crippen molar-refractivity contribution in [2.75, 3.05) is 32.8 Å². The summed E-state index contributed by atoms with van der Waals surface area (Å²) in [6.07, 6.45) is 3.68. The van der Waals surface area contributed by atoms with Gasteiger partial charge in [-0.2, -0.15) is 5.10 Å². The van der Waals surface area contributed by atoms with Gasteiger partial charge in [0.2, 0.25) is 0 Å². The summed E-state index contributed by atoms with van der Waals surface area (Å²) in [6.45, 7) is 3.57. The highest BCUT2D eigenvalue weighted by Crippen LogP contribution is 2.10. The average molecular weight is 375 g/mol. The molecule has 2 aromatic rings. The SMILES string of the molecule is Cl.Cl.OC1(CNCc2ccc(-n3cccn3)cc2)CNCCOC1. The standard InChI is InChI=1S/C16H22N4O2.2ClH/c21-16(11-17-7-9-22-13-16)12-18-10-14-2-4-15(5-3-14)20-8-1-6-19-20;;/h1-6,8,17-18,21H,7,9-13H2;2*1H. The number of rotatable bonds is 5. The molecule has 1 aromatic heterocycles. The van der Waals surface area contributed by atoms with E-state index in [9.17, 15) is 5.11 Å². The van der Waals surface area contributed by atoms with Crippen molar-refractivity contribution >= 4 is 24.8 Å². The van der Waals surface area contributed by atoms with Crippen LogP contribution in [0.15, 0.2) is 42.7 Å². The van der Waals surface area contributed by atoms with Gasteiger partial charge in [-0.05, 0) is 23.8 Å². The molecule has 1 fully saturated rings. The second-order valence-corrected chi connectivity index (χ2v) is 5.67. The summed E-state index contributed by atoms with van der Waals surface area (Å²) in [6, 6.07) is 10.1. The lowest BCUT2D eigenvalue weighted by Crippen LogP contribution is -2.50. The molecule has 0 radical (unpaired) electrons. The molecule has 3 N–H and O–H groups in total. The Kier molecular flexibility index (Phi) is 8.69. The van der Waals surface area contributed by atoms with Gasteiger partial charge in [-0.15, -0.1) is 24.8 Å². The van der Waals surface area contributed by atoms with Crippen molar-refractivity contribution in [2.45, 2.75) is 12.1 Å². The minimum absolute atomic E-state index is 0. The van der Waals surface area contributed by atoms with Crippen molar-refractivity contribution in [3.8, 4) is 5.69 Å². The molecule has 1 aliphatic heterocycles. The number of nitrogens with one attached hydrogen (secondary N) is 2. The van der Waals surface area contributed by atoms with Crippen LogP contribution < -0.4 is 10.6 Å². The minimum Gasteiger partial charge on any atom is -0.385 e. The van der Waals surface area contributed by atoms with Gasteiger partial charge in [0.15, 0.2) is 0 Å². The van der Waals surface area contributed by atoms with Crippen LogP contribution in [0.5, 0.6) is 0 Å². The third-order valence-electron chi connectivity index (χ3n) is 3.74. The number of nitrogens with zero attached hydrogens (tertiary/aromatic N) is 2. The molecule has 1 aromatic carbocycles. The zero-order valence-electron chi connectivity index (χ0n) is 13.4. The van der Waals surface area contributed by atoms with Crippen LogP contribution in [-0.4, -0.2) is 53.3 Å². The molecule has 0 spiro atoms. The van der Waals surface area contributed by atoms with E-state index in [2.05, 4.69) is 27.9 Å². The molecule has 0 saturated carbocycles. The quantitative estimate of drug-likeness (QED) is 0.732. The molecular weight excluding hydrogens is 351 g/mol. The first-order valence-corrected chi connectivity index (χ1v) is 7.56. The van der Waals surface area contributed by atoms with Crippen LogP contribution >= 0.6 is 24.8 Å². The van der Waals surface area contributed by atoms with Gasteiger partial charge in [0.1, 0.15) is 5.60 Å². The molecule has 24 heavy (non-hydrogen) atoms. The summed E-state index contributed by atoms with van der Waals surface area (Å²) in [4.78, 5) is 0. The fourth-order valence-corrected chi connectivity index (χ4v) is 2.52. The predicted molar refractivity (Wildman–Crippen MR) is 98.4 cm³/mol. The molecule has 134 valence electrons. The van der Waals surface area contributed by atoms with Crippen molar-refractivity contribution in [1.29, 1.82) is 0 Å². The maximum absolute atomic E-state index is 10.4. The van der Waals surface area contributed by atoms with Crippen LogP contribution in [0.4, 0.5) is 0 Å². The van der Waals surface area contributed by atoms with Gasteiger partial charge in [0.05, 0.1) is 18.9 Å². The van der Waals surface area contributed by atoms with Gasteiger partial charge < -0.3 is 20.5 Å². The number of hydrogen-bond donors (Lipinski definition) is 3. The highest BCUT2D eigenvalue weighted by atomic mass is 35.5. The lowest BCUT2D eigenvalue weighted by molar-refractivity contribution is -0.0264. The summed E-state index contributed by atoms with van der Waals surface area (Å²) in [5, 5.41) is 21.1. The Morgan fingerprint density at radius 2 is 2.08 bits per heavy atom. The lowest BCUT2D eigenvalue weighted by Gasteiger charge is -2.26. The second-order valence-electron chi connectivity index (χ2n) is 5.67. The summed E-state index contributed by atoms with van der Waals surface area (Å²) >= 11 is 0. The van der Waals surface area contributed by atoms with Crippen molar-refractivity contribution in [3.63, 3.8) is 0 Å². The van der Waals surface area contributed by atoms with Crippen molar-refractivity contribution in [3.05, 3.63) is 48.3 Å². The number of aromatic nitrogens is 2. The smallest absolute Gasteiger partial charge is 0.113 e. The first kappa shape index (κ1) is 20.9. The number of aliphatic hydroxyl groups is 1. The van der Waals surface area contributed by atoms with Crippen molar-refractivity contribution in [2.24, 2.45) is 0 Å². The Morgan fingerprint density at radius 1 is 1.29 bits per heavy atom. The average Bonchev–Trinajstić information content (AvgIpc) is 2.98. The van der Waals surface area contributed by atoms with Crippen LogP contribution in [0.2, 0.25) is 0 Å². The highest BCUT2D eigenvalue weighted by Gasteiger charge is 2.28. The minimum atomic E-state index is -0.842. The molecule has 1 atom stereocenters. The Hall–Kier alpha value is -1.15. The lowest BCUT2D eigenvalue weighted by atomic mass is 10.1. The maximum atomic E-state index is 10.4. The largest absolute Gasteiger partial charge is 0.385 e. The monoisotopic (exact) mass is 374 g/mol. The third kappa shape index (κ3) is 5.73. The molecule has 3 rings (SSSR count). The van der Waals surface area contributed by atoms with Gasteiger partial charge >= 0.3 is 0 Å². The van der Waals surface area contributed by atoms with Gasteiger partial charge in [-0.1, -0.05) is 12.1 Å². The molecule has 0 amide bonds. The van der Waals surface area contributed by atoms with Crippen LogP contribution in [0.3, 0.4) is 0 Å². The Morgan fingerprint density at radius 3 is 2.79 bits per heavy atom. The van der Waals surface area contributed by atoms with E-state index in [-0.39, 0.29) is 24.8 Å². The van der Waals surface area contributed by atoms with Crippen LogP contribution in [0, 0.1) is 0 Å². The van der Waals surface area contributed by atoms with E-state index in [1.165, 1.54) is 5.56 Å². The van der Waals surface area contributed by atoms with Crippen LogP contribution in [0.25, 0.3) is 5.69 Å². The number of benzene rings is 1. The van der Waals surface area contributed by atoms with Gasteiger partial charge in [0, 0.05) is 38.6 Å². The topological polar surface area (TPSA) is 71.3 Å². The van der Waals surface area contributed by atoms with Gasteiger partial charge in [-0.25, -0.2) is 4.68 Å². The van der Waals surface area contributed by atoms with E-state index in [1.54, 1.807) is 6.20 Å². The van der Waals surface area contributed by atoms with E-state index in [0.717, 1.165) is 12.2 Å². The normalized spacial score (nSPS) is 20.5. The zero-order valence-corrected chi connectivity index (χ0v) is 15.0. The fourth-order valence-electron chi connectivity index (χ4n) is 2.52. The number of β-amino-alcohol motifs (C(OH)–C–C–N with tert-alkyl or cyclic N) is 1. The van der Waals surface area contributed by atoms with Crippen LogP contribution in [0.1, 0.15) is 5.56 Å². The summed E-state index contributed by atoms with van der Waals surface area (Å²) in [5.41, 5.74) is 1.36. The molecule has 1 unspecified atom stereocenters. The second kappa shape index (κ2) is 9.98. The van der Waals surface area contributed by atoms with E-state index in [1.807, 2.05) is 29.1 Å². The Labute approximate surface area is 154 Å².